The molecule has 30 heavy (non-hydrogen) atoms. The van der Waals surface area contributed by atoms with Gasteiger partial charge in [0.15, 0.2) is 5.13 Å². The lowest BCUT2D eigenvalue weighted by atomic mass is 10.0. The first kappa shape index (κ1) is 21.5. The van der Waals surface area contributed by atoms with Crippen LogP contribution in [0.3, 0.4) is 0 Å². The van der Waals surface area contributed by atoms with Crippen LogP contribution >= 0.6 is 23.3 Å². The minimum Gasteiger partial charge on any atom is -0.478 e. The first-order chi connectivity index (χ1) is 14.0. The molecule has 1 fully saturated rings. The third-order valence-corrected chi connectivity index (χ3v) is 5.83. The summed E-state index contributed by atoms with van der Waals surface area (Å²) in [4.78, 5) is 57.6. The van der Waals surface area contributed by atoms with E-state index in [1.807, 2.05) is 0 Å². The molecule has 160 valence electrons. The van der Waals surface area contributed by atoms with Crippen LogP contribution in [0.5, 0.6) is 0 Å². The number of anilines is 1. The van der Waals surface area contributed by atoms with E-state index in [-0.39, 0.29) is 16.7 Å². The molecule has 1 saturated heterocycles. The molecule has 15 heteroatoms. The van der Waals surface area contributed by atoms with Crippen molar-refractivity contribution in [2.24, 2.45) is 5.16 Å². The molecule has 1 unspecified atom stereocenters. The van der Waals surface area contributed by atoms with Gasteiger partial charge in [0.05, 0.1) is 0 Å². The minimum absolute atomic E-state index is 0.0352. The number of thioether (sulfide) groups is 1. The lowest BCUT2D eigenvalue weighted by Gasteiger charge is -2.48. The molecule has 0 aliphatic carbocycles. The topological polar surface area (TPSA) is 197 Å². The van der Waals surface area contributed by atoms with Crippen LogP contribution in [0.15, 0.2) is 16.9 Å². The number of aliphatic carboxylic acids is 2. The second kappa shape index (κ2) is 7.91. The molecule has 13 nitrogen and oxygen atoms in total. The number of rotatable bonds is 7. The number of nitrogen functional groups attached to an aromatic ring is 1. The Morgan fingerprint density at radius 3 is 2.67 bits per heavy atom. The SMILES string of the molecule is CC(C)(ON=C(C(=O)NC1C(=O)N2C(C(=O)O)=CCS[C@H]12)c1nsc(N)n1)C(=O)O. The number of carboxylic acid groups (broad SMARTS) is 2. The summed E-state index contributed by atoms with van der Waals surface area (Å²) in [5, 5.41) is 23.8. The van der Waals surface area contributed by atoms with Crippen LogP contribution in [0.4, 0.5) is 5.13 Å². The summed E-state index contributed by atoms with van der Waals surface area (Å²) in [5.74, 6) is -3.93. The van der Waals surface area contributed by atoms with Crippen LogP contribution in [0, 0.1) is 0 Å². The van der Waals surface area contributed by atoms with E-state index in [1.165, 1.54) is 31.7 Å². The van der Waals surface area contributed by atoms with E-state index < -0.39 is 46.5 Å². The van der Waals surface area contributed by atoms with E-state index >= 15 is 0 Å². The molecular formula is C15H16N6O7S2. The number of β-lactam (4-membered cyclic amide) rings is 1. The maximum absolute atomic E-state index is 12.8. The van der Waals surface area contributed by atoms with Crippen molar-refractivity contribution in [2.75, 3.05) is 11.5 Å². The molecule has 2 amide bonds. The predicted octanol–water partition coefficient (Wildman–Crippen LogP) is -0.927. The highest BCUT2D eigenvalue weighted by atomic mass is 32.2. The number of carbonyl (C=O) groups excluding carboxylic acids is 2. The number of fused-ring (bicyclic) bond motifs is 1. The average molecular weight is 456 g/mol. The summed E-state index contributed by atoms with van der Waals surface area (Å²) in [6.45, 7) is 2.45. The maximum Gasteiger partial charge on any atom is 0.352 e. The van der Waals surface area contributed by atoms with Crippen molar-refractivity contribution in [3.8, 4) is 0 Å². The standard InChI is InChI=1S/C15H16N6O7S2/c1-15(2,13(26)27)28-19-6(8-18-14(16)30-20-8)9(22)17-7-10(23)21-5(12(24)25)3-4-29-11(7)21/h3,7,11H,4H2,1-2H3,(H,17,22)(H,24,25)(H,26,27)(H2,16,18,20)/t7?,11-/m1/s1. The Kier molecular flexibility index (Phi) is 5.67. The zero-order valence-electron chi connectivity index (χ0n) is 15.6. The minimum atomic E-state index is -1.75. The Morgan fingerprint density at radius 1 is 1.40 bits per heavy atom. The van der Waals surface area contributed by atoms with Crippen molar-refractivity contribution in [1.29, 1.82) is 0 Å². The highest BCUT2D eigenvalue weighted by Gasteiger charge is 2.53. The summed E-state index contributed by atoms with van der Waals surface area (Å²) in [6.07, 6.45) is 1.41. The normalized spacial score (nSPS) is 21.3. The average Bonchev–Trinajstić information content (AvgIpc) is 3.11. The fraction of sp³-hybridized carbons (Fsp3) is 0.400. The van der Waals surface area contributed by atoms with Crippen LogP contribution in [0.2, 0.25) is 0 Å². The second-order valence-electron chi connectivity index (χ2n) is 6.58. The van der Waals surface area contributed by atoms with E-state index in [2.05, 4.69) is 19.8 Å². The van der Waals surface area contributed by atoms with E-state index in [9.17, 15) is 24.3 Å². The molecule has 1 aromatic rings. The highest BCUT2D eigenvalue weighted by Crippen LogP contribution is 2.37. The highest BCUT2D eigenvalue weighted by molar-refractivity contribution is 8.00. The molecule has 3 heterocycles. The zero-order valence-corrected chi connectivity index (χ0v) is 17.2. The lowest BCUT2D eigenvalue weighted by molar-refractivity contribution is -0.161. The van der Waals surface area contributed by atoms with Crippen molar-refractivity contribution < 1.29 is 34.2 Å². The number of oxime groups is 1. The number of amides is 2. The molecule has 5 N–H and O–H groups in total. The van der Waals surface area contributed by atoms with E-state index in [1.54, 1.807) is 0 Å². The monoisotopic (exact) mass is 456 g/mol. The second-order valence-corrected chi connectivity index (χ2v) is 8.51. The molecule has 2 aliphatic heterocycles. The van der Waals surface area contributed by atoms with Gasteiger partial charge in [-0.1, -0.05) is 5.16 Å². The fourth-order valence-electron chi connectivity index (χ4n) is 2.46. The van der Waals surface area contributed by atoms with Gasteiger partial charge in [-0.25, -0.2) is 9.59 Å². The van der Waals surface area contributed by atoms with Gasteiger partial charge in [0, 0.05) is 17.3 Å². The molecule has 1 aromatic heterocycles. The Bertz CT molecular complexity index is 988. The van der Waals surface area contributed by atoms with Gasteiger partial charge < -0.3 is 26.1 Å². The number of hydrogen-bond donors (Lipinski definition) is 4. The molecule has 0 bridgehead atoms. The first-order valence-corrected chi connectivity index (χ1v) is 10.1. The molecular weight excluding hydrogens is 440 g/mol. The fourth-order valence-corrected chi connectivity index (χ4v) is 4.09. The smallest absolute Gasteiger partial charge is 0.352 e. The number of aromatic nitrogens is 2. The number of nitrogens with one attached hydrogen (secondary N) is 1. The van der Waals surface area contributed by atoms with Gasteiger partial charge >= 0.3 is 11.9 Å². The van der Waals surface area contributed by atoms with E-state index in [0.29, 0.717) is 5.75 Å². The molecule has 2 aliphatic rings. The van der Waals surface area contributed by atoms with Gasteiger partial charge in [0.1, 0.15) is 17.1 Å². The van der Waals surface area contributed by atoms with E-state index in [4.69, 9.17) is 15.7 Å². The molecule has 3 rings (SSSR count). The van der Waals surface area contributed by atoms with Crippen molar-refractivity contribution >= 4 is 57.9 Å². The molecule has 0 radical (unpaired) electrons. The van der Waals surface area contributed by atoms with Crippen molar-refractivity contribution in [1.82, 2.24) is 19.6 Å². The summed E-state index contributed by atoms with van der Waals surface area (Å²) in [5.41, 5.74) is 3.16. The first-order valence-electron chi connectivity index (χ1n) is 8.31. The van der Waals surface area contributed by atoms with Crippen LogP contribution < -0.4 is 11.1 Å². The van der Waals surface area contributed by atoms with Gasteiger partial charge in [-0.2, -0.15) is 9.36 Å². The van der Waals surface area contributed by atoms with Crippen molar-refractivity contribution in [3.63, 3.8) is 0 Å². The number of hydrogen-bond acceptors (Lipinski definition) is 11. The largest absolute Gasteiger partial charge is 0.478 e. The zero-order chi connectivity index (χ0) is 22.2. The lowest BCUT2D eigenvalue weighted by Crippen LogP contribution is -2.70. The van der Waals surface area contributed by atoms with Gasteiger partial charge in [0.2, 0.25) is 17.1 Å². The molecule has 0 saturated carbocycles. The van der Waals surface area contributed by atoms with Crippen LogP contribution in [0.1, 0.15) is 19.7 Å². The van der Waals surface area contributed by atoms with Gasteiger partial charge in [-0.05, 0) is 19.9 Å². The molecule has 0 spiro atoms. The Hall–Kier alpha value is -3.20. The molecule has 2 atom stereocenters. The van der Waals surface area contributed by atoms with Gasteiger partial charge in [-0.3, -0.25) is 14.5 Å². The Morgan fingerprint density at radius 2 is 2.10 bits per heavy atom. The van der Waals surface area contributed by atoms with Crippen LogP contribution in [0.25, 0.3) is 0 Å². The Labute approximate surface area is 177 Å². The number of nitrogens with zero attached hydrogens (tertiary/aromatic N) is 4. The third-order valence-electron chi connectivity index (χ3n) is 4.10. The Balaban J connectivity index is 1.81. The third kappa shape index (κ3) is 3.93. The summed E-state index contributed by atoms with van der Waals surface area (Å²) >= 11 is 2.06. The quantitative estimate of drug-likeness (QED) is 0.225. The van der Waals surface area contributed by atoms with Crippen molar-refractivity contribution in [2.45, 2.75) is 30.9 Å². The number of carbonyl (C=O) groups is 4. The molecule has 0 aromatic carbocycles. The maximum atomic E-state index is 12.8. The predicted molar refractivity (Wildman–Crippen MR) is 104 cm³/mol. The van der Waals surface area contributed by atoms with Crippen LogP contribution in [-0.2, 0) is 24.0 Å². The van der Waals surface area contributed by atoms with E-state index in [0.717, 1.165) is 16.4 Å². The van der Waals surface area contributed by atoms with Crippen molar-refractivity contribution in [3.05, 3.63) is 17.6 Å². The summed E-state index contributed by atoms with van der Waals surface area (Å²) in [6, 6.07) is -1.01. The summed E-state index contributed by atoms with van der Waals surface area (Å²) in [7, 11) is 0. The van der Waals surface area contributed by atoms with Crippen LogP contribution in [-0.4, -0.2) is 76.7 Å². The number of nitrogens with two attached hydrogens (primary N) is 1. The van der Waals surface area contributed by atoms with Gasteiger partial charge in [0.25, 0.3) is 11.8 Å². The summed E-state index contributed by atoms with van der Waals surface area (Å²) < 4.78 is 3.87. The van der Waals surface area contributed by atoms with Gasteiger partial charge in [-0.15, -0.1) is 11.8 Å². The number of carboxylic acids is 2.